The second-order valence-corrected chi connectivity index (χ2v) is 9.26. The summed E-state index contributed by atoms with van der Waals surface area (Å²) in [6, 6.07) is 12.0. The molecular formula is C21H26N2O3S. The lowest BCUT2D eigenvalue weighted by molar-refractivity contribution is -0.130. The summed E-state index contributed by atoms with van der Waals surface area (Å²) in [6.07, 6.45) is 1.95. The van der Waals surface area contributed by atoms with Gasteiger partial charge in [0.05, 0.1) is 11.9 Å². The van der Waals surface area contributed by atoms with Crippen LogP contribution in [-0.4, -0.2) is 38.6 Å². The topological polar surface area (TPSA) is 57.7 Å². The molecule has 0 spiro atoms. The zero-order valence-corrected chi connectivity index (χ0v) is 17.1. The fraction of sp³-hybridized carbons (Fsp3) is 0.381. The van der Waals surface area contributed by atoms with E-state index in [2.05, 4.69) is 6.07 Å². The van der Waals surface area contributed by atoms with E-state index in [9.17, 15) is 13.2 Å². The van der Waals surface area contributed by atoms with E-state index in [-0.39, 0.29) is 12.5 Å². The molecule has 1 heterocycles. The molecule has 5 nitrogen and oxygen atoms in total. The number of amides is 1. The van der Waals surface area contributed by atoms with Crippen LogP contribution in [0.4, 0.5) is 5.69 Å². The summed E-state index contributed by atoms with van der Waals surface area (Å²) in [5.41, 5.74) is 5.77. The number of aryl methyl sites for hydroxylation is 3. The van der Waals surface area contributed by atoms with Gasteiger partial charge in [-0.3, -0.25) is 9.10 Å². The standard InChI is InChI=1S/C21H26N2O3S/c1-15-11-16(2)21(17(3)12-15)23(27(4,25)26)14-20(24)22-10-9-18-7-5-6-8-19(18)13-22/h5-8,11-12H,9-10,13-14H2,1-4H3. The minimum absolute atomic E-state index is 0.172. The van der Waals surface area contributed by atoms with Crippen molar-refractivity contribution in [1.29, 1.82) is 0 Å². The average molecular weight is 387 g/mol. The molecule has 1 aliphatic heterocycles. The summed E-state index contributed by atoms with van der Waals surface area (Å²) in [5.74, 6) is -0.172. The predicted octanol–water partition coefficient (Wildman–Crippen LogP) is 2.96. The van der Waals surface area contributed by atoms with Gasteiger partial charge in [-0.15, -0.1) is 0 Å². The number of carbonyl (C=O) groups is 1. The molecule has 0 saturated carbocycles. The first-order valence-corrected chi connectivity index (χ1v) is 10.9. The summed E-state index contributed by atoms with van der Waals surface area (Å²) in [6.45, 7) is 6.71. The number of rotatable bonds is 4. The maximum atomic E-state index is 12.9. The lowest BCUT2D eigenvalue weighted by Gasteiger charge is -2.32. The number of carbonyl (C=O) groups excluding carboxylic acids is 1. The Morgan fingerprint density at radius 3 is 2.26 bits per heavy atom. The van der Waals surface area contributed by atoms with E-state index in [4.69, 9.17) is 0 Å². The van der Waals surface area contributed by atoms with Gasteiger partial charge in [-0.05, 0) is 49.4 Å². The first-order valence-electron chi connectivity index (χ1n) is 9.07. The Balaban J connectivity index is 1.88. The van der Waals surface area contributed by atoms with E-state index in [0.717, 1.165) is 34.9 Å². The van der Waals surface area contributed by atoms with E-state index in [1.807, 2.05) is 51.1 Å². The summed E-state index contributed by atoms with van der Waals surface area (Å²) in [7, 11) is -3.58. The van der Waals surface area contributed by atoms with E-state index in [0.29, 0.717) is 18.8 Å². The predicted molar refractivity (Wildman–Crippen MR) is 108 cm³/mol. The minimum atomic E-state index is -3.58. The molecule has 6 heteroatoms. The van der Waals surface area contributed by atoms with Gasteiger partial charge in [0.15, 0.2) is 0 Å². The van der Waals surface area contributed by atoms with Crippen LogP contribution in [0, 0.1) is 20.8 Å². The molecule has 1 aliphatic rings. The Morgan fingerprint density at radius 2 is 1.67 bits per heavy atom. The van der Waals surface area contributed by atoms with Gasteiger partial charge in [-0.2, -0.15) is 0 Å². The third-order valence-corrected chi connectivity index (χ3v) is 6.16. The van der Waals surface area contributed by atoms with Crippen LogP contribution < -0.4 is 4.31 Å². The van der Waals surface area contributed by atoms with Crippen molar-refractivity contribution in [3.63, 3.8) is 0 Å². The molecule has 27 heavy (non-hydrogen) atoms. The average Bonchev–Trinajstić information content (AvgIpc) is 2.58. The third-order valence-electron chi connectivity index (χ3n) is 5.05. The van der Waals surface area contributed by atoms with Gasteiger partial charge in [0.2, 0.25) is 15.9 Å². The Bertz CT molecular complexity index is 960. The molecule has 0 aromatic heterocycles. The normalized spacial score (nSPS) is 14.0. The number of hydrogen-bond acceptors (Lipinski definition) is 3. The highest BCUT2D eigenvalue weighted by Gasteiger charge is 2.28. The minimum Gasteiger partial charge on any atom is -0.336 e. The molecule has 0 bridgehead atoms. The Morgan fingerprint density at radius 1 is 1.07 bits per heavy atom. The van der Waals surface area contributed by atoms with Crippen LogP contribution in [0.3, 0.4) is 0 Å². The fourth-order valence-electron chi connectivity index (χ4n) is 3.86. The molecule has 0 saturated heterocycles. The van der Waals surface area contributed by atoms with E-state index in [1.54, 1.807) is 4.90 Å². The summed E-state index contributed by atoms with van der Waals surface area (Å²) in [4.78, 5) is 14.7. The van der Waals surface area contributed by atoms with Gasteiger partial charge in [0.1, 0.15) is 6.54 Å². The Hall–Kier alpha value is -2.34. The van der Waals surface area contributed by atoms with Crippen LogP contribution in [0.2, 0.25) is 0 Å². The molecule has 144 valence electrons. The van der Waals surface area contributed by atoms with Crippen LogP contribution in [-0.2, 0) is 27.8 Å². The van der Waals surface area contributed by atoms with Crippen LogP contribution in [0.1, 0.15) is 27.8 Å². The molecule has 0 aliphatic carbocycles. The molecule has 0 N–H and O–H groups in total. The number of sulfonamides is 1. The Kier molecular flexibility index (Phi) is 5.29. The number of benzene rings is 2. The molecule has 0 radical (unpaired) electrons. The smallest absolute Gasteiger partial charge is 0.243 e. The van der Waals surface area contributed by atoms with Gasteiger partial charge >= 0.3 is 0 Å². The SMILES string of the molecule is Cc1cc(C)c(N(CC(=O)N2CCc3ccccc3C2)S(C)(=O)=O)c(C)c1. The summed E-state index contributed by atoms with van der Waals surface area (Å²) >= 11 is 0. The highest BCUT2D eigenvalue weighted by atomic mass is 32.2. The second kappa shape index (κ2) is 7.35. The fourth-order valence-corrected chi connectivity index (χ4v) is 4.82. The summed E-state index contributed by atoms with van der Waals surface area (Å²) in [5, 5.41) is 0. The van der Waals surface area contributed by atoms with Crippen molar-refractivity contribution in [2.24, 2.45) is 0 Å². The Labute approximate surface area is 161 Å². The van der Waals surface area contributed by atoms with E-state index >= 15 is 0 Å². The monoisotopic (exact) mass is 386 g/mol. The van der Waals surface area contributed by atoms with Crippen LogP contribution in [0.15, 0.2) is 36.4 Å². The highest BCUT2D eigenvalue weighted by molar-refractivity contribution is 7.92. The van der Waals surface area contributed by atoms with Gasteiger partial charge < -0.3 is 4.90 Å². The van der Waals surface area contributed by atoms with Crippen LogP contribution in [0.5, 0.6) is 0 Å². The molecule has 0 atom stereocenters. The van der Waals surface area contributed by atoms with Crippen molar-refractivity contribution in [1.82, 2.24) is 4.90 Å². The first kappa shape index (κ1) is 19.4. The quantitative estimate of drug-likeness (QED) is 0.812. The van der Waals surface area contributed by atoms with Crippen LogP contribution in [0.25, 0.3) is 0 Å². The molecular weight excluding hydrogens is 360 g/mol. The van der Waals surface area contributed by atoms with Gasteiger partial charge in [-0.25, -0.2) is 8.42 Å². The number of nitrogens with zero attached hydrogens (tertiary/aromatic N) is 2. The molecule has 2 aromatic carbocycles. The van der Waals surface area contributed by atoms with Gasteiger partial charge in [0, 0.05) is 13.1 Å². The zero-order chi connectivity index (χ0) is 19.8. The van der Waals surface area contributed by atoms with Gasteiger partial charge in [0.25, 0.3) is 0 Å². The number of fused-ring (bicyclic) bond motifs is 1. The maximum absolute atomic E-state index is 12.9. The van der Waals surface area contributed by atoms with E-state index in [1.165, 1.54) is 9.87 Å². The highest BCUT2D eigenvalue weighted by Crippen LogP contribution is 2.28. The number of hydrogen-bond donors (Lipinski definition) is 0. The lowest BCUT2D eigenvalue weighted by Crippen LogP contribution is -2.44. The van der Waals surface area contributed by atoms with Crippen molar-refractivity contribution < 1.29 is 13.2 Å². The molecule has 0 unspecified atom stereocenters. The van der Waals surface area contributed by atoms with Crippen molar-refractivity contribution >= 4 is 21.6 Å². The number of anilines is 1. The molecule has 2 aromatic rings. The molecule has 0 fully saturated rings. The second-order valence-electron chi connectivity index (χ2n) is 7.35. The van der Waals surface area contributed by atoms with Crippen molar-refractivity contribution in [3.8, 4) is 0 Å². The van der Waals surface area contributed by atoms with E-state index < -0.39 is 10.0 Å². The van der Waals surface area contributed by atoms with Crippen molar-refractivity contribution in [2.45, 2.75) is 33.7 Å². The first-order chi connectivity index (χ1) is 12.7. The largest absolute Gasteiger partial charge is 0.336 e. The maximum Gasteiger partial charge on any atom is 0.243 e. The van der Waals surface area contributed by atoms with Crippen molar-refractivity contribution in [2.75, 3.05) is 23.7 Å². The van der Waals surface area contributed by atoms with Crippen molar-refractivity contribution in [3.05, 3.63) is 64.2 Å². The van der Waals surface area contributed by atoms with Gasteiger partial charge in [-0.1, -0.05) is 42.0 Å². The molecule has 3 rings (SSSR count). The third kappa shape index (κ3) is 4.16. The molecule has 1 amide bonds. The van der Waals surface area contributed by atoms with Crippen LogP contribution >= 0.6 is 0 Å². The lowest BCUT2D eigenvalue weighted by atomic mass is 10.00. The summed E-state index contributed by atoms with van der Waals surface area (Å²) < 4.78 is 26.2. The zero-order valence-electron chi connectivity index (χ0n) is 16.3.